The van der Waals surface area contributed by atoms with Crippen molar-refractivity contribution in [1.29, 1.82) is 0 Å². The van der Waals surface area contributed by atoms with Gasteiger partial charge >= 0.3 is 0 Å². The van der Waals surface area contributed by atoms with Gasteiger partial charge in [-0.05, 0) is 41.5 Å². The van der Waals surface area contributed by atoms with Gasteiger partial charge in [0.15, 0.2) is 12.4 Å². The summed E-state index contributed by atoms with van der Waals surface area (Å²) in [6, 6.07) is 13.6. The molecule has 27 heavy (non-hydrogen) atoms. The number of nitrogens with one attached hydrogen (secondary N) is 1. The van der Waals surface area contributed by atoms with Crippen LogP contribution in [0.3, 0.4) is 0 Å². The maximum Gasteiger partial charge on any atom is 0.258 e. The molecule has 0 spiro atoms. The number of Topliss-reactive ketones (excluding diaryl/α,β-unsaturated/α-hetero) is 1. The molecule has 0 aromatic heterocycles. The van der Waals surface area contributed by atoms with Crippen molar-refractivity contribution in [3.8, 4) is 5.75 Å². The minimum absolute atomic E-state index is 0.0762. The molecule has 4 nitrogen and oxygen atoms in total. The molecule has 0 saturated heterocycles. The van der Waals surface area contributed by atoms with Crippen LogP contribution in [0.1, 0.15) is 66.2 Å². The molecule has 2 aromatic carbocycles. The number of hydrogen-bond donors (Lipinski definition) is 1. The van der Waals surface area contributed by atoms with E-state index in [1.807, 2.05) is 43.3 Å². The van der Waals surface area contributed by atoms with Gasteiger partial charge in [0.05, 0.1) is 11.6 Å². The second-order valence-electron chi connectivity index (χ2n) is 7.69. The Bertz CT molecular complexity index is 842. The summed E-state index contributed by atoms with van der Waals surface area (Å²) in [5, 5.41) is 3.05. The summed E-state index contributed by atoms with van der Waals surface area (Å²) in [4.78, 5) is 24.9. The highest BCUT2D eigenvalue weighted by molar-refractivity contribution is 6.04. The van der Waals surface area contributed by atoms with Crippen LogP contribution in [0, 0.1) is 12.8 Å². The summed E-state index contributed by atoms with van der Waals surface area (Å²) < 4.78 is 5.77. The normalized spacial score (nSPS) is 16.9. The first kappa shape index (κ1) is 19.2. The number of rotatable bonds is 6. The Hall–Kier alpha value is -2.62. The summed E-state index contributed by atoms with van der Waals surface area (Å²) in [6.45, 7) is 8.11. The van der Waals surface area contributed by atoms with E-state index in [9.17, 15) is 9.59 Å². The highest BCUT2D eigenvalue weighted by Gasteiger charge is 2.31. The Morgan fingerprint density at radius 2 is 1.89 bits per heavy atom. The van der Waals surface area contributed by atoms with Crippen molar-refractivity contribution >= 4 is 11.7 Å². The third-order valence-corrected chi connectivity index (χ3v) is 5.19. The molecule has 0 heterocycles. The molecule has 2 unspecified atom stereocenters. The summed E-state index contributed by atoms with van der Waals surface area (Å²) in [5.41, 5.74) is 3.88. The third kappa shape index (κ3) is 4.05. The number of carbonyl (C=O) groups excluding carboxylic acids is 2. The smallest absolute Gasteiger partial charge is 0.258 e. The van der Waals surface area contributed by atoms with Gasteiger partial charge in [-0.15, -0.1) is 0 Å². The first-order valence-corrected chi connectivity index (χ1v) is 9.52. The molecular weight excluding hydrogens is 338 g/mol. The molecule has 2 atom stereocenters. The van der Waals surface area contributed by atoms with E-state index in [4.69, 9.17) is 4.74 Å². The van der Waals surface area contributed by atoms with Crippen LogP contribution in [-0.4, -0.2) is 18.3 Å². The van der Waals surface area contributed by atoms with Gasteiger partial charge in [0.25, 0.3) is 5.91 Å². The molecule has 4 heteroatoms. The van der Waals surface area contributed by atoms with Crippen molar-refractivity contribution in [1.82, 2.24) is 5.32 Å². The quantitative estimate of drug-likeness (QED) is 0.815. The fraction of sp³-hybridized carbons (Fsp3) is 0.391. The number of ether oxygens (including phenoxy) is 1. The first-order chi connectivity index (χ1) is 12.9. The minimum atomic E-state index is -0.189. The second-order valence-corrected chi connectivity index (χ2v) is 7.69. The van der Waals surface area contributed by atoms with Gasteiger partial charge in [-0.3, -0.25) is 9.59 Å². The number of hydrogen-bond acceptors (Lipinski definition) is 3. The SMILES string of the molecule is Cc1ccc(OCC(=O)NC(c2ccccc2)C(C)C)c2c1C(C)CC2=O. The van der Waals surface area contributed by atoms with Crippen LogP contribution in [0.4, 0.5) is 0 Å². The maximum atomic E-state index is 12.5. The van der Waals surface area contributed by atoms with Crippen molar-refractivity contribution < 1.29 is 14.3 Å². The van der Waals surface area contributed by atoms with Crippen LogP contribution < -0.4 is 10.1 Å². The summed E-state index contributed by atoms with van der Waals surface area (Å²) in [6.07, 6.45) is 0.506. The molecule has 3 rings (SSSR count). The highest BCUT2D eigenvalue weighted by Crippen LogP contribution is 2.40. The lowest BCUT2D eigenvalue weighted by atomic mass is 9.96. The molecule has 0 fully saturated rings. The lowest BCUT2D eigenvalue weighted by molar-refractivity contribution is -0.124. The molecule has 0 radical (unpaired) electrons. The zero-order chi connectivity index (χ0) is 19.6. The lowest BCUT2D eigenvalue weighted by Gasteiger charge is -2.23. The van der Waals surface area contributed by atoms with E-state index in [-0.39, 0.29) is 36.2 Å². The van der Waals surface area contributed by atoms with Crippen LogP contribution in [0.25, 0.3) is 0 Å². The van der Waals surface area contributed by atoms with Crippen molar-refractivity contribution in [2.45, 2.75) is 46.1 Å². The summed E-state index contributed by atoms with van der Waals surface area (Å²) in [5.74, 6) is 0.878. The molecule has 0 aliphatic heterocycles. The predicted molar refractivity (Wildman–Crippen MR) is 106 cm³/mol. The van der Waals surface area contributed by atoms with Gasteiger partial charge in [0.2, 0.25) is 0 Å². The molecule has 1 aliphatic carbocycles. The largest absolute Gasteiger partial charge is 0.483 e. The van der Waals surface area contributed by atoms with Gasteiger partial charge in [-0.1, -0.05) is 57.2 Å². The van der Waals surface area contributed by atoms with Gasteiger partial charge in [-0.25, -0.2) is 0 Å². The third-order valence-electron chi connectivity index (χ3n) is 5.19. The zero-order valence-corrected chi connectivity index (χ0v) is 16.4. The Labute approximate surface area is 160 Å². The zero-order valence-electron chi connectivity index (χ0n) is 16.4. The van der Waals surface area contributed by atoms with E-state index in [0.717, 1.165) is 16.7 Å². The van der Waals surface area contributed by atoms with E-state index in [2.05, 4.69) is 26.1 Å². The molecule has 1 N–H and O–H groups in total. The van der Waals surface area contributed by atoms with Crippen LogP contribution in [0.2, 0.25) is 0 Å². The summed E-state index contributed by atoms with van der Waals surface area (Å²) in [7, 11) is 0. The number of fused-ring (bicyclic) bond motifs is 1. The molecule has 1 aliphatic rings. The minimum Gasteiger partial charge on any atom is -0.483 e. The number of benzene rings is 2. The van der Waals surface area contributed by atoms with Crippen molar-refractivity contribution in [3.05, 3.63) is 64.7 Å². The Morgan fingerprint density at radius 3 is 2.56 bits per heavy atom. The Kier molecular flexibility index (Phi) is 5.64. The highest BCUT2D eigenvalue weighted by atomic mass is 16.5. The van der Waals surface area contributed by atoms with Crippen molar-refractivity contribution in [2.24, 2.45) is 5.92 Å². The first-order valence-electron chi connectivity index (χ1n) is 9.52. The second kappa shape index (κ2) is 7.95. The predicted octanol–water partition coefficient (Wildman–Crippen LogP) is 4.58. The van der Waals surface area contributed by atoms with E-state index < -0.39 is 0 Å². The van der Waals surface area contributed by atoms with Crippen LogP contribution in [0.15, 0.2) is 42.5 Å². The molecule has 2 aromatic rings. The lowest BCUT2D eigenvalue weighted by Crippen LogP contribution is -2.35. The molecular formula is C23H27NO3. The standard InChI is InChI=1S/C23H27NO3/c1-14(2)23(17-8-6-5-7-9-17)24-20(26)13-27-19-11-10-15(3)21-16(4)12-18(25)22(19)21/h5-11,14,16,23H,12-13H2,1-4H3,(H,24,26). The monoisotopic (exact) mass is 365 g/mol. The number of amides is 1. The number of aryl methyl sites for hydroxylation is 1. The molecule has 0 bridgehead atoms. The van der Waals surface area contributed by atoms with Gasteiger partial charge in [-0.2, -0.15) is 0 Å². The van der Waals surface area contributed by atoms with Gasteiger partial charge in [0, 0.05) is 6.42 Å². The Balaban J connectivity index is 1.71. The van der Waals surface area contributed by atoms with Gasteiger partial charge in [0.1, 0.15) is 5.75 Å². The average Bonchev–Trinajstić information content (AvgIpc) is 2.95. The maximum absolute atomic E-state index is 12.5. The van der Waals surface area contributed by atoms with E-state index in [1.165, 1.54) is 0 Å². The van der Waals surface area contributed by atoms with Gasteiger partial charge < -0.3 is 10.1 Å². The van der Waals surface area contributed by atoms with E-state index in [1.54, 1.807) is 6.07 Å². The molecule has 142 valence electrons. The number of carbonyl (C=O) groups is 2. The van der Waals surface area contributed by atoms with Crippen LogP contribution in [-0.2, 0) is 4.79 Å². The van der Waals surface area contributed by atoms with E-state index in [0.29, 0.717) is 17.7 Å². The summed E-state index contributed by atoms with van der Waals surface area (Å²) >= 11 is 0. The number of ketones is 1. The van der Waals surface area contributed by atoms with Crippen molar-refractivity contribution in [2.75, 3.05) is 6.61 Å². The van der Waals surface area contributed by atoms with E-state index >= 15 is 0 Å². The molecule has 0 saturated carbocycles. The average molecular weight is 365 g/mol. The fourth-order valence-corrected chi connectivity index (χ4v) is 3.88. The Morgan fingerprint density at radius 1 is 1.19 bits per heavy atom. The fourth-order valence-electron chi connectivity index (χ4n) is 3.88. The van der Waals surface area contributed by atoms with Crippen LogP contribution >= 0.6 is 0 Å². The van der Waals surface area contributed by atoms with Crippen LogP contribution in [0.5, 0.6) is 5.75 Å². The molecule has 1 amide bonds. The van der Waals surface area contributed by atoms with Crippen molar-refractivity contribution in [3.63, 3.8) is 0 Å². The topological polar surface area (TPSA) is 55.4 Å².